The maximum Gasteiger partial charge on any atom is 0.263 e. The van der Waals surface area contributed by atoms with Crippen LogP contribution in [0.1, 0.15) is 18.6 Å². The van der Waals surface area contributed by atoms with Gasteiger partial charge in [-0.2, -0.15) is 4.37 Å². The Kier molecular flexibility index (Phi) is 5.22. The van der Waals surface area contributed by atoms with Crippen molar-refractivity contribution in [1.29, 1.82) is 0 Å². The van der Waals surface area contributed by atoms with Crippen molar-refractivity contribution in [2.24, 2.45) is 0 Å². The quantitative estimate of drug-likeness (QED) is 0.678. The molecule has 0 saturated carbocycles. The average molecular weight is 396 g/mol. The van der Waals surface area contributed by atoms with Gasteiger partial charge in [-0.05, 0) is 30.7 Å². The van der Waals surface area contributed by atoms with E-state index in [2.05, 4.69) is 14.1 Å². The van der Waals surface area contributed by atoms with E-state index in [0.717, 1.165) is 17.1 Å². The second kappa shape index (κ2) is 7.38. The number of sulfonamides is 1. The molecule has 0 aliphatic carbocycles. The standard InChI is InChI=1S/C16H14ClN3O3S2/c1-11(12-5-3-2-4-6-12)23-15-8-7-13(9-14(15)17)25(21,22)20-16-18-10-19-24-16/h2-11H,1H3,(H,18,19,20). The number of halogens is 1. The third-order valence-corrected chi connectivity index (χ3v) is 5.71. The number of nitrogens with zero attached hydrogens (tertiary/aromatic N) is 2. The van der Waals surface area contributed by atoms with Crippen molar-refractivity contribution in [1.82, 2.24) is 9.36 Å². The zero-order valence-electron chi connectivity index (χ0n) is 13.1. The van der Waals surface area contributed by atoms with Gasteiger partial charge in [0.15, 0.2) is 0 Å². The zero-order chi connectivity index (χ0) is 17.9. The summed E-state index contributed by atoms with van der Waals surface area (Å²) in [6, 6.07) is 14.0. The van der Waals surface area contributed by atoms with Crippen molar-refractivity contribution < 1.29 is 13.2 Å². The summed E-state index contributed by atoms with van der Waals surface area (Å²) in [5, 5.41) is 0.400. The van der Waals surface area contributed by atoms with Gasteiger partial charge in [-0.25, -0.2) is 13.4 Å². The van der Waals surface area contributed by atoms with Crippen molar-refractivity contribution in [3.8, 4) is 5.75 Å². The third kappa shape index (κ3) is 4.28. The molecule has 1 atom stereocenters. The lowest BCUT2D eigenvalue weighted by Crippen LogP contribution is -2.13. The van der Waals surface area contributed by atoms with E-state index in [-0.39, 0.29) is 21.2 Å². The van der Waals surface area contributed by atoms with Crippen molar-refractivity contribution in [2.75, 3.05) is 4.72 Å². The molecule has 0 radical (unpaired) electrons. The molecule has 3 aromatic rings. The van der Waals surface area contributed by atoms with Crippen molar-refractivity contribution in [2.45, 2.75) is 17.9 Å². The van der Waals surface area contributed by atoms with Gasteiger partial charge in [-0.3, -0.25) is 4.72 Å². The Morgan fingerprint density at radius 3 is 2.60 bits per heavy atom. The van der Waals surface area contributed by atoms with Crippen molar-refractivity contribution >= 4 is 38.3 Å². The highest BCUT2D eigenvalue weighted by Gasteiger charge is 2.18. The van der Waals surface area contributed by atoms with Gasteiger partial charge >= 0.3 is 0 Å². The number of nitrogens with one attached hydrogen (secondary N) is 1. The summed E-state index contributed by atoms with van der Waals surface area (Å²) < 4.78 is 36.6. The van der Waals surface area contributed by atoms with Crippen LogP contribution in [0.15, 0.2) is 59.8 Å². The minimum absolute atomic E-state index is 0.0208. The molecule has 25 heavy (non-hydrogen) atoms. The SMILES string of the molecule is CC(Oc1ccc(S(=O)(=O)Nc2ncns2)cc1Cl)c1ccccc1. The van der Waals surface area contributed by atoms with Gasteiger partial charge in [-0.1, -0.05) is 41.9 Å². The first-order valence-corrected chi connectivity index (χ1v) is 9.90. The molecule has 2 aromatic carbocycles. The van der Waals surface area contributed by atoms with Crippen LogP contribution in [0.3, 0.4) is 0 Å². The van der Waals surface area contributed by atoms with E-state index < -0.39 is 10.0 Å². The molecule has 9 heteroatoms. The molecular formula is C16H14ClN3O3S2. The molecule has 0 amide bonds. The predicted molar refractivity (Wildman–Crippen MR) is 97.7 cm³/mol. The molecule has 6 nitrogen and oxygen atoms in total. The summed E-state index contributed by atoms with van der Waals surface area (Å²) in [5.41, 5.74) is 0.994. The minimum Gasteiger partial charge on any atom is -0.484 e. The van der Waals surface area contributed by atoms with Crippen LogP contribution in [0.2, 0.25) is 5.02 Å². The normalized spacial score (nSPS) is 12.6. The number of ether oxygens (including phenoxy) is 1. The Labute approximate surface area is 154 Å². The first kappa shape index (κ1) is 17.7. The maximum absolute atomic E-state index is 12.3. The average Bonchev–Trinajstić information content (AvgIpc) is 3.09. The monoisotopic (exact) mass is 395 g/mol. The van der Waals surface area contributed by atoms with Crippen molar-refractivity contribution in [3.63, 3.8) is 0 Å². The Hall–Kier alpha value is -2.16. The van der Waals surface area contributed by atoms with E-state index in [1.54, 1.807) is 0 Å². The summed E-state index contributed by atoms with van der Waals surface area (Å²) in [5.74, 6) is 0.410. The smallest absolute Gasteiger partial charge is 0.263 e. The largest absolute Gasteiger partial charge is 0.484 e. The van der Waals surface area contributed by atoms with Crippen molar-refractivity contribution in [3.05, 3.63) is 65.4 Å². The molecule has 0 saturated heterocycles. The van der Waals surface area contributed by atoms with Gasteiger partial charge in [0.1, 0.15) is 18.2 Å². The highest BCUT2D eigenvalue weighted by atomic mass is 35.5. The molecule has 0 spiro atoms. The second-order valence-electron chi connectivity index (χ2n) is 5.11. The topological polar surface area (TPSA) is 81.2 Å². The Balaban J connectivity index is 1.79. The fourth-order valence-electron chi connectivity index (χ4n) is 2.12. The van der Waals surface area contributed by atoms with E-state index in [0.29, 0.717) is 5.75 Å². The highest BCUT2D eigenvalue weighted by Crippen LogP contribution is 2.31. The van der Waals surface area contributed by atoms with Crippen LogP contribution < -0.4 is 9.46 Å². The summed E-state index contributed by atoms with van der Waals surface area (Å²) in [6.07, 6.45) is 1.05. The molecular weight excluding hydrogens is 382 g/mol. The lowest BCUT2D eigenvalue weighted by atomic mass is 10.1. The van der Waals surface area contributed by atoms with Gasteiger partial charge in [-0.15, -0.1) is 0 Å². The predicted octanol–water partition coefficient (Wildman–Crippen LogP) is 4.13. The van der Waals surface area contributed by atoms with Crippen LogP contribution in [0.4, 0.5) is 5.13 Å². The Morgan fingerprint density at radius 1 is 1.20 bits per heavy atom. The lowest BCUT2D eigenvalue weighted by Gasteiger charge is -2.16. The molecule has 0 bridgehead atoms. The zero-order valence-corrected chi connectivity index (χ0v) is 15.5. The molecule has 0 aliphatic heterocycles. The number of benzene rings is 2. The fourth-order valence-corrected chi connectivity index (χ4v) is 4.10. The molecule has 130 valence electrons. The molecule has 1 heterocycles. The summed E-state index contributed by atoms with van der Waals surface area (Å²) in [7, 11) is -3.79. The van der Waals surface area contributed by atoms with Gasteiger partial charge in [0, 0.05) is 11.5 Å². The van der Waals surface area contributed by atoms with Crippen LogP contribution in [-0.4, -0.2) is 17.8 Å². The first-order valence-electron chi connectivity index (χ1n) is 7.26. The molecule has 0 aliphatic rings. The van der Waals surface area contributed by atoms with Crippen LogP contribution in [0, 0.1) is 0 Å². The van der Waals surface area contributed by atoms with E-state index >= 15 is 0 Å². The van der Waals surface area contributed by atoms with Crippen LogP contribution >= 0.6 is 23.1 Å². The Morgan fingerprint density at radius 2 is 1.96 bits per heavy atom. The summed E-state index contributed by atoms with van der Waals surface area (Å²) in [4.78, 5) is 3.82. The summed E-state index contributed by atoms with van der Waals surface area (Å²) in [6.45, 7) is 1.90. The van der Waals surface area contributed by atoms with E-state index in [9.17, 15) is 8.42 Å². The molecule has 0 fully saturated rings. The molecule has 1 unspecified atom stereocenters. The number of anilines is 1. The van der Waals surface area contributed by atoms with Gasteiger partial charge in [0.2, 0.25) is 5.13 Å². The molecule has 3 rings (SSSR count). The number of rotatable bonds is 6. The Bertz CT molecular complexity index is 948. The third-order valence-electron chi connectivity index (χ3n) is 3.37. The second-order valence-corrected chi connectivity index (χ2v) is 7.98. The van der Waals surface area contributed by atoms with E-state index in [4.69, 9.17) is 16.3 Å². The van der Waals surface area contributed by atoms with Crippen LogP contribution in [0.25, 0.3) is 0 Å². The number of aromatic nitrogens is 2. The van der Waals surface area contributed by atoms with Crippen LogP contribution in [-0.2, 0) is 10.0 Å². The van der Waals surface area contributed by atoms with Gasteiger partial charge in [0.25, 0.3) is 10.0 Å². The first-order chi connectivity index (χ1) is 12.0. The molecule has 1 N–H and O–H groups in total. The lowest BCUT2D eigenvalue weighted by molar-refractivity contribution is 0.227. The maximum atomic E-state index is 12.3. The fraction of sp³-hybridized carbons (Fsp3) is 0.125. The minimum atomic E-state index is -3.79. The number of hydrogen-bond donors (Lipinski definition) is 1. The summed E-state index contributed by atoms with van der Waals surface area (Å²) >= 11 is 7.16. The van der Waals surface area contributed by atoms with Gasteiger partial charge in [0.05, 0.1) is 9.92 Å². The highest BCUT2D eigenvalue weighted by molar-refractivity contribution is 7.93. The number of hydrogen-bond acceptors (Lipinski definition) is 6. The van der Waals surface area contributed by atoms with E-state index in [1.165, 1.54) is 24.5 Å². The van der Waals surface area contributed by atoms with Crippen LogP contribution in [0.5, 0.6) is 5.75 Å². The molecule has 1 aromatic heterocycles. The van der Waals surface area contributed by atoms with E-state index in [1.807, 2.05) is 37.3 Å². The van der Waals surface area contributed by atoms with Gasteiger partial charge < -0.3 is 4.74 Å².